The van der Waals surface area contributed by atoms with Crippen molar-refractivity contribution in [1.82, 2.24) is 0 Å². The Balaban J connectivity index is 2.09. The Kier molecular flexibility index (Phi) is 3.05. The maximum absolute atomic E-state index is 13.2. The molecular formula is C11H10F2OS. The van der Waals surface area contributed by atoms with Crippen molar-refractivity contribution in [3.05, 3.63) is 35.4 Å². The van der Waals surface area contributed by atoms with Crippen molar-refractivity contribution in [2.75, 3.05) is 11.5 Å². The van der Waals surface area contributed by atoms with Gasteiger partial charge in [0.15, 0.2) is 11.6 Å². The van der Waals surface area contributed by atoms with Crippen LogP contribution in [0.15, 0.2) is 18.2 Å². The molecule has 0 spiro atoms. The normalized spacial score (nSPS) is 16.1. The van der Waals surface area contributed by atoms with Crippen molar-refractivity contribution < 1.29 is 13.6 Å². The Morgan fingerprint density at radius 3 is 2.73 bits per heavy atom. The fraction of sp³-hybridized carbons (Fsp3) is 0.364. The summed E-state index contributed by atoms with van der Waals surface area (Å²) >= 11 is 1.70. The zero-order chi connectivity index (χ0) is 10.8. The van der Waals surface area contributed by atoms with Crippen LogP contribution in [-0.4, -0.2) is 17.3 Å². The van der Waals surface area contributed by atoms with Crippen molar-refractivity contribution >= 4 is 17.5 Å². The number of hydrogen-bond donors (Lipinski definition) is 0. The molecular weight excluding hydrogens is 218 g/mol. The number of Topliss-reactive ketones (excluding diaryl/α,β-unsaturated/α-hetero) is 1. The van der Waals surface area contributed by atoms with Gasteiger partial charge in [-0.05, 0) is 11.6 Å². The highest BCUT2D eigenvalue weighted by atomic mass is 32.2. The van der Waals surface area contributed by atoms with E-state index in [4.69, 9.17) is 0 Å². The molecule has 0 bridgehead atoms. The maximum Gasteiger partial charge on any atom is 0.162 e. The Labute approximate surface area is 90.9 Å². The molecule has 0 aromatic heterocycles. The molecule has 80 valence electrons. The van der Waals surface area contributed by atoms with E-state index < -0.39 is 11.6 Å². The average molecular weight is 228 g/mol. The molecule has 1 heterocycles. The van der Waals surface area contributed by atoms with Gasteiger partial charge in [0.1, 0.15) is 5.78 Å². The first-order valence-corrected chi connectivity index (χ1v) is 5.87. The topological polar surface area (TPSA) is 17.1 Å². The molecule has 0 unspecified atom stereocenters. The van der Waals surface area contributed by atoms with Crippen molar-refractivity contribution in [2.45, 2.75) is 6.42 Å². The summed E-state index contributed by atoms with van der Waals surface area (Å²) in [5, 5.41) is 0. The minimum absolute atomic E-state index is 0.00875. The second kappa shape index (κ2) is 4.31. The van der Waals surface area contributed by atoms with E-state index in [1.54, 1.807) is 11.8 Å². The highest BCUT2D eigenvalue weighted by Crippen LogP contribution is 2.26. The van der Waals surface area contributed by atoms with Gasteiger partial charge in [-0.1, -0.05) is 12.1 Å². The van der Waals surface area contributed by atoms with Gasteiger partial charge >= 0.3 is 0 Å². The predicted molar refractivity (Wildman–Crippen MR) is 55.9 cm³/mol. The summed E-state index contributed by atoms with van der Waals surface area (Å²) in [7, 11) is 0. The molecule has 0 saturated carbocycles. The number of thioether (sulfide) groups is 1. The van der Waals surface area contributed by atoms with Gasteiger partial charge in [0.2, 0.25) is 0 Å². The van der Waals surface area contributed by atoms with Crippen LogP contribution in [0.25, 0.3) is 0 Å². The first kappa shape index (κ1) is 10.6. The highest BCUT2D eigenvalue weighted by molar-refractivity contribution is 8.00. The Bertz CT molecular complexity index is 388. The number of carbonyl (C=O) groups is 1. The third-order valence-electron chi connectivity index (χ3n) is 2.49. The standard InChI is InChI=1S/C11H10F2OS/c12-9-3-1-2-7(11(9)13)4-10(14)8-5-15-6-8/h1-3,8H,4-6H2. The largest absolute Gasteiger partial charge is 0.299 e. The van der Waals surface area contributed by atoms with E-state index in [9.17, 15) is 13.6 Å². The van der Waals surface area contributed by atoms with Gasteiger partial charge in [-0.3, -0.25) is 4.79 Å². The van der Waals surface area contributed by atoms with Crippen LogP contribution in [0.2, 0.25) is 0 Å². The van der Waals surface area contributed by atoms with Crippen molar-refractivity contribution in [2.24, 2.45) is 5.92 Å². The van der Waals surface area contributed by atoms with E-state index >= 15 is 0 Å². The quantitative estimate of drug-likeness (QED) is 0.790. The van der Waals surface area contributed by atoms with E-state index in [2.05, 4.69) is 0 Å². The van der Waals surface area contributed by atoms with E-state index in [-0.39, 0.29) is 23.7 Å². The molecule has 0 aliphatic carbocycles. The van der Waals surface area contributed by atoms with E-state index in [0.29, 0.717) is 0 Å². The predicted octanol–water partition coefficient (Wildman–Crippen LogP) is 2.44. The Morgan fingerprint density at radius 2 is 2.13 bits per heavy atom. The van der Waals surface area contributed by atoms with E-state index in [1.165, 1.54) is 12.1 Å². The molecule has 1 saturated heterocycles. The van der Waals surface area contributed by atoms with Crippen molar-refractivity contribution in [3.8, 4) is 0 Å². The van der Waals surface area contributed by atoms with Crippen LogP contribution >= 0.6 is 11.8 Å². The third kappa shape index (κ3) is 2.20. The lowest BCUT2D eigenvalue weighted by molar-refractivity contribution is -0.121. The molecule has 1 aromatic carbocycles. The minimum Gasteiger partial charge on any atom is -0.299 e. The summed E-state index contributed by atoms with van der Waals surface area (Å²) in [4.78, 5) is 11.6. The van der Waals surface area contributed by atoms with Gasteiger partial charge in [-0.2, -0.15) is 11.8 Å². The van der Waals surface area contributed by atoms with Crippen molar-refractivity contribution in [1.29, 1.82) is 0 Å². The second-order valence-electron chi connectivity index (χ2n) is 3.59. The van der Waals surface area contributed by atoms with Gasteiger partial charge < -0.3 is 0 Å². The first-order valence-electron chi connectivity index (χ1n) is 4.72. The van der Waals surface area contributed by atoms with Crippen molar-refractivity contribution in [3.63, 3.8) is 0 Å². The summed E-state index contributed by atoms with van der Waals surface area (Å²) in [6, 6.07) is 3.95. The number of carbonyl (C=O) groups excluding carboxylic acids is 1. The summed E-state index contributed by atoms with van der Waals surface area (Å²) in [5.41, 5.74) is 0.164. The molecule has 1 aliphatic rings. The maximum atomic E-state index is 13.2. The number of halogens is 2. The van der Waals surface area contributed by atoms with Crippen LogP contribution in [0, 0.1) is 17.6 Å². The fourth-order valence-electron chi connectivity index (χ4n) is 1.44. The fourth-order valence-corrected chi connectivity index (χ4v) is 2.28. The Morgan fingerprint density at radius 1 is 1.40 bits per heavy atom. The number of ketones is 1. The molecule has 1 fully saturated rings. The minimum atomic E-state index is -0.891. The third-order valence-corrected chi connectivity index (χ3v) is 3.77. The van der Waals surface area contributed by atoms with Gasteiger partial charge in [-0.15, -0.1) is 0 Å². The molecule has 4 heteroatoms. The van der Waals surface area contributed by atoms with E-state index in [1.807, 2.05) is 0 Å². The van der Waals surface area contributed by atoms with Crippen LogP contribution in [0.3, 0.4) is 0 Å². The molecule has 0 amide bonds. The number of rotatable bonds is 3. The van der Waals surface area contributed by atoms with Crippen LogP contribution in [0.4, 0.5) is 8.78 Å². The number of hydrogen-bond acceptors (Lipinski definition) is 2. The van der Waals surface area contributed by atoms with Crippen LogP contribution in [-0.2, 0) is 11.2 Å². The lowest BCUT2D eigenvalue weighted by Gasteiger charge is -2.23. The molecule has 0 N–H and O–H groups in total. The van der Waals surface area contributed by atoms with Crippen LogP contribution in [0.1, 0.15) is 5.56 Å². The first-order chi connectivity index (χ1) is 7.18. The summed E-state index contributed by atoms with van der Waals surface area (Å²) in [5.74, 6) is -0.0945. The van der Waals surface area contributed by atoms with Gasteiger partial charge in [0.05, 0.1) is 0 Å². The molecule has 1 aromatic rings. The summed E-state index contributed by atoms with van der Waals surface area (Å²) < 4.78 is 26.1. The van der Waals surface area contributed by atoms with Gasteiger partial charge in [0.25, 0.3) is 0 Å². The highest BCUT2D eigenvalue weighted by Gasteiger charge is 2.26. The number of benzene rings is 1. The monoisotopic (exact) mass is 228 g/mol. The molecule has 2 rings (SSSR count). The smallest absolute Gasteiger partial charge is 0.162 e. The van der Waals surface area contributed by atoms with Crippen LogP contribution in [0.5, 0.6) is 0 Å². The SMILES string of the molecule is O=C(Cc1cccc(F)c1F)C1CSC1. The van der Waals surface area contributed by atoms with Crippen LogP contribution < -0.4 is 0 Å². The Hall–Kier alpha value is -0.900. The van der Waals surface area contributed by atoms with Gasteiger partial charge in [-0.25, -0.2) is 8.78 Å². The second-order valence-corrected chi connectivity index (χ2v) is 4.67. The molecule has 15 heavy (non-hydrogen) atoms. The lowest BCUT2D eigenvalue weighted by atomic mass is 10.00. The molecule has 1 aliphatic heterocycles. The zero-order valence-corrected chi connectivity index (χ0v) is 8.82. The molecule has 0 atom stereocenters. The van der Waals surface area contributed by atoms with E-state index in [0.717, 1.165) is 17.6 Å². The molecule has 0 radical (unpaired) electrons. The van der Waals surface area contributed by atoms with Gasteiger partial charge in [0, 0.05) is 23.8 Å². The molecule has 1 nitrogen and oxygen atoms in total. The summed E-state index contributed by atoms with van der Waals surface area (Å²) in [6.45, 7) is 0. The lowest BCUT2D eigenvalue weighted by Crippen LogP contribution is -2.29. The summed E-state index contributed by atoms with van der Waals surface area (Å²) in [6.07, 6.45) is 0.00875. The zero-order valence-electron chi connectivity index (χ0n) is 8.00. The average Bonchev–Trinajstić information content (AvgIpc) is 2.10.